The Balaban J connectivity index is 1.47. The van der Waals surface area contributed by atoms with Crippen LogP contribution in [0, 0.1) is 6.92 Å². The molecule has 1 aromatic carbocycles. The number of thiazole rings is 1. The van der Waals surface area contributed by atoms with Gasteiger partial charge in [-0.15, -0.1) is 0 Å². The van der Waals surface area contributed by atoms with Crippen molar-refractivity contribution in [1.82, 2.24) is 19.7 Å². The van der Waals surface area contributed by atoms with E-state index in [-0.39, 0.29) is 11.9 Å². The molecule has 0 aliphatic carbocycles. The van der Waals surface area contributed by atoms with Crippen molar-refractivity contribution in [2.75, 3.05) is 18.4 Å². The van der Waals surface area contributed by atoms with E-state index < -0.39 is 0 Å². The summed E-state index contributed by atoms with van der Waals surface area (Å²) in [6.45, 7) is 3.53. The number of amides is 1. The van der Waals surface area contributed by atoms with Crippen molar-refractivity contribution >= 4 is 32.7 Å². The van der Waals surface area contributed by atoms with Crippen LogP contribution in [-0.2, 0) is 7.05 Å². The molecule has 1 aliphatic heterocycles. The predicted octanol–water partition coefficient (Wildman–Crippen LogP) is 3.05. The fourth-order valence-electron chi connectivity index (χ4n) is 3.36. The molecular weight excluding hydrogens is 334 g/mol. The summed E-state index contributed by atoms with van der Waals surface area (Å²) in [5, 5.41) is 8.82. The Bertz CT molecular complexity index is 866. The topological polar surface area (TPSA) is 63.1 Å². The Morgan fingerprint density at radius 2 is 2.12 bits per heavy atom. The number of benzene rings is 1. The van der Waals surface area contributed by atoms with Crippen molar-refractivity contribution in [2.45, 2.75) is 25.8 Å². The maximum atomic E-state index is 12.7. The molecule has 1 amide bonds. The first-order chi connectivity index (χ1) is 12.1. The maximum Gasteiger partial charge on any atom is 0.253 e. The molecule has 0 saturated carbocycles. The minimum absolute atomic E-state index is 0.108. The minimum Gasteiger partial charge on any atom is -0.357 e. The highest BCUT2D eigenvalue weighted by Crippen LogP contribution is 2.29. The van der Waals surface area contributed by atoms with E-state index in [2.05, 4.69) is 15.4 Å². The first-order valence-electron chi connectivity index (χ1n) is 8.53. The summed E-state index contributed by atoms with van der Waals surface area (Å²) in [7, 11) is 1.92. The number of nitrogens with zero attached hydrogens (tertiary/aromatic N) is 4. The summed E-state index contributed by atoms with van der Waals surface area (Å²) < 4.78 is 2.94. The lowest BCUT2D eigenvalue weighted by molar-refractivity contribution is 0.0715. The Morgan fingerprint density at radius 1 is 1.32 bits per heavy atom. The lowest BCUT2D eigenvalue weighted by atomic mass is 10.0. The van der Waals surface area contributed by atoms with Crippen LogP contribution < -0.4 is 5.32 Å². The highest BCUT2D eigenvalue weighted by atomic mass is 32.1. The Labute approximate surface area is 150 Å². The third-order valence-electron chi connectivity index (χ3n) is 4.60. The van der Waals surface area contributed by atoms with Crippen LogP contribution in [0.3, 0.4) is 0 Å². The quantitative estimate of drug-likeness (QED) is 0.784. The third kappa shape index (κ3) is 3.11. The van der Waals surface area contributed by atoms with E-state index in [1.807, 2.05) is 53.9 Å². The van der Waals surface area contributed by atoms with Crippen molar-refractivity contribution < 1.29 is 4.79 Å². The lowest BCUT2D eigenvalue weighted by Gasteiger charge is -2.33. The van der Waals surface area contributed by atoms with E-state index in [1.54, 1.807) is 11.3 Å². The number of hydrogen-bond acceptors (Lipinski definition) is 5. The van der Waals surface area contributed by atoms with Gasteiger partial charge in [-0.25, -0.2) is 9.67 Å². The molecule has 1 saturated heterocycles. The average molecular weight is 355 g/mol. The van der Waals surface area contributed by atoms with E-state index in [1.165, 1.54) is 0 Å². The highest BCUT2D eigenvalue weighted by molar-refractivity contribution is 7.22. The van der Waals surface area contributed by atoms with Gasteiger partial charge in [0, 0.05) is 31.7 Å². The smallest absolute Gasteiger partial charge is 0.253 e. The van der Waals surface area contributed by atoms with Crippen molar-refractivity contribution in [3.63, 3.8) is 0 Å². The molecule has 4 rings (SSSR count). The minimum atomic E-state index is 0.108. The average Bonchev–Trinajstić information content (AvgIpc) is 3.16. The SMILES string of the molecule is Cc1nn(C)c2nc(N[C@@H]3CCCN(C(=O)c4ccccc4)C3)sc12. The van der Waals surface area contributed by atoms with Gasteiger partial charge in [0.1, 0.15) is 0 Å². The monoisotopic (exact) mass is 355 g/mol. The summed E-state index contributed by atoms with van der Waals surface area (Å²) in [6, 6.07) is 9.73. The Hall–Kier alpha value is -2.41. The second-order valence-electron chi connectivity index (χ2n) is 6.48. The zero-order chi connectivity index (χ0) is 17.4. The van der Waals surface area contributed by atoms with Gasteiger partial charge in [0.05, 0.1) is 10.4 Å². The van der Waals surface area contributed by atoms with Crippen LogP contribution in [-0.4, -0.2) is 44.7 Å². The molecule has 3 aromatic rings. The molecule has 1 fully saturated rings. The van der Waals surface area contributed by atoms with Gasteiger partial charge in [-0.3, -0.25) is 4.79 Å². The lowest BCUT2D eigenvalue weighted by Crippen LogP contribution is -2.45. The molecule has 0 unspecified atom stereocenters. The number of rotatable bonds is 3. The van der Waals surface area contributed by atoms with E-state index >= 15 is 0 Å². The van der Waals surface area contributed by atoms with E-state index in [4.69, 9.17) is 0 Å². The van der Waals surface area contributed by atoms with Crippen LogP contribution in [0.25, 0.3) is 10.3 Å². The molecule has 6 nitrogen and oxygen atoms in total. The van der Waals surface area contributed by atoms with Crippen LogP contribution >= 0.6 is 11.3 Å². The largest absolute Gasteiger partial charge is 0.357 e. The number of hydrogen-bond donors (Lipinski definition) is 1. The number of aryl methyl sites for hydroxylation is 2. The van der Waals surface area contributed by atoms with Gasteiger partial charge in [-0.1, -0.05) is 29.5 Å². The first-order valence-corrected chi connectivity index (χ1v) is 9.34. The van der Waals surface area contributed by atoms with Crippen molar-refractivity contribution in [3.8, 4) is 0 Å². The van der Waals surface area contributed by atoms with E-state index in [0.29, 0.717) is 6.54 Å². The van der Waals surface area contributed by atoms with Crippen molar-refractivity contribution in [3.05, 3.63) is 41.6 Å². The van der Waals surface area contributed by atoms with Gasteiger partial charge >= 0.3 is 0 Å². The molecule has 1 aliphatic rings. The molecule has 0 bridgehead atoms. The zero-order valence-electron chi connectivity index (χ0n) is 14.4. The Morgan fingerprint density at radius 3 is 2.88 bits per heavy atom. The summed E-state index contributed by atoms with van der Waals surface area (Å²) in [5.41, 5.74) is 2.68. The molecule has 3 heterocycles. The Kier molecular flexibility index (Phi) is 4.17. The van der Waals surface area contributed by atoms with Gasteiger partial charge in [0.15, 0.2) is 10.8 Å². The number of carbonyl (C=O) groups excluding carboxylic acids is 1. The van der Waals surface area contributed by atoms with Crippen LogP contribution in [0.4, 0.5) is 5.13 Å². The zero-order valence-corrected chi connectivity index (χ0v) is 15.2. The number of piperidine rings is 1. The predicted molar refractivity (Wildman–Crippen MR) is 100 cm³/mol. The standard InChI is InChI=1S/C18H21N5OS/c1-12-15-16(22(2)21-12)20-18(25-15)19-14-9-6-10-23(11-14)17(24)13-7-4-3-5-8-13/h3-5,7-8,14H,6,9-11H2,1-2H3,(H,19,20)/t14-/m1/s1. The number of fused-ring (bicyclic) bond motifs is 1. The summed E-state index contributed by atoms with van der Waals surface area (Å²) >= 11 is 1.64. The number of nitrogens with one attached hydrogen (secondary N) is 1. The maximum absolute atomic E-state index is 12.7. The number of likely N-dealkylation sites (tertiary alicyclic amines) is 1. The summed E-state index contributed by atoms with van der Waals surface area (Å²) in [5.74, 6) is 0.108. The molecule has 0 radical (unpaired) electrons. The van der Waals surface area contributed by atoms with Gasteiger partial charge in [-0.05, 0) is 31.9 Å². The van der Waals surface area contributed by atoms with E-state index in [9.17, 15) is 4.79 Å². The second-order valence-corrected chi connectivity index (χ2v) is 7.48. The highest BCUT2D eigenvalue weighted by Gasteiger charge is 2.25. The number of carbonyl (C=O) groups is 1. The normalized spacial score (nSPS) is 17.8. The van der Waals surface area contributed by atoms with Crippen LogP contribution in [0.15, 0.2) is 30.3 Å². The summed E-state index contributed by atoms with van der Waals surface area (Å²) in [4.78, 5) is 19.3. The van der Waals surface area contributed by atoms with E-state index in [0.717, 1.165) is 46.1 Å². The second kappa shape index (κ2) is 6.48. The van der Waals surface area contributed by atoms with Gasteiger partial charge in [-0.2, -0.15) is 5.10 Å². The third-order valence-corrected chi connectivity index (χ3v) is 5.69. The van der Waals surface area contributed by atoms with Crippen molar-refractivity contribution in [2.24, 2.45) is 7.05 Å². The molecule has 25 heavy (non-hydrogen) atoms. The first kappa shape index (κ1) is 16.1. The molecule has 7 heteroatoms. The van der Waals surface area contributed by atoms with Crippen LogP contribution in [0.2, 0.25) is 0 Å². The molecule has 2 aromatic heterocycles. The summed E-state index contributed by atoms with van der Waals surface area (Å²) in [6.07, 6.45) is 2.05. The van der Waals surface area contributed by atoms with Gasteiger partial charge < -0.3 is 10.2 Å². The van der Waals surface area contributed by atoms with Crippen molar-refractivity contribution in [1.29, 1.82) is 0 Å². The molecule has 0 spiro atoms. The molecule has 130 valence electrons. The number of anilines is 1. The molecule has 1 atom stereocenters. The van der Waals surface area contributed by atoms with Gasteiger partial charge in [0.2, 0.25) is 0 Å². The van der Waals surface area contributed by atoms with Crippen LogP contribution in [0.5, 0.6) is 0 Å². The fraction of sp³-hybridized carbons (Fsp3) is 0.389. The number of aromatic nitrogens is 3. The molecule has 1 N–H and O–H groups in total. The molecular formula is C18H21N5OS. The van der Waals surface area contributed by atoms with Gasteiger partial charge in [0.25, 0.3) is 5.91 Å². The van der Waals surface area contributed by atoms with Crippen LogP contribution in [0.1, 0.15) is 28.9 Å². The fourth-order valence-corrected chi connectivity index (χ4v) is 4.37.